The van der Waals surface area contributed by atoms with Crippen molar-refractivity contribution < 1.29 is 14.6 Å². The molecule has 0 bridgehead atoms. The molecule has 5 nitrogen and oxygen atoms in total. The van der Waals surface area contributed by atoms with Crippen molar-refractivity contribution in [2.45, 2.75) is 20.8 Å². The van der Waals surface area contributed by atoms with Gasteiger partial charge in [-0.05, 0) is 44.5 Å². The first-order valence-corrected chi connectivity index (χ1v) is 6.73. The fourth-order valence-electron chi connectivity index (χ4n) is 2.18. The van der Waals surface area contributed by atoms with Crippen LogP contribution in [0.1, 0.15) is 28.5 Å². The number of aryl methyl sites for hydroxylation is 2. The summed E-state index contributed by atoms with van der Waals surface area (Å²) in [6, 6.07) is 9.13. The number of nitrogens with zero attached hydrogens (tertiary/aromatic N) is 1. The minimum atomic E-state index is -1.00. The number of nitrogens with one attached hydrogen (secondary N) is 1. The van der Waals surface area contributed by atoms with Gasteiger partial charge < -0.3 is 15.2 Å². The van der Waals surface area contributed by atoms with Crippen LogP contribution < -0.4 is 10.1 Å². The topological polar surface area (TPSA) is 71.5 Å². The number of aromatic carboxylic acids is 1. The van der Waals surface area contributed by atoms with E-state index in [1.807, 2.05) is 38.1 Å². The molecule has 0 fully saturated rings. The number of pyridine rings is 1. The quantitative estimate of drug-likeness (QED) is 0.879. The molecule has 0 aliphatic carbocycles. The van der Waals surface area contributed by atoms with Crippen molar-refractivity contribution in [2.24, 2.45) is 0 Å². The van der Waals surface area contributed by atoms with Gasteiger partial charge in [-0.2, -0.15) is 0 Å². The van der Waals surface area contributed by atoms with E-state index in [4.69, 9.17) is 4.74 Å². The van der Waals surface area contributed by atoms with E-state index in [0.29, 0.717) is 29.4 Å². The summed E-state index contributed by atoms with van der Waals surface area (Å²) < 4.78 is 5.53. The number of ether oxygens (including phenoxy) is 1. The number of hydrogen-bond donors (Lipinski definition) is 2. The lowest BCUT2D eigenvalue weighted by atomic mass is 10.1. The van der Waals surface area contributed by atoms with E-state index in [-0.39, 0.29) is 5.56 Å². The number of carboxylic acid groups (broad SMARTS) is 1. The van der Waals surface area contributed by atoms with Crippen molar-refractivity contribution in [1.82, 2.24) is 4.98 Å². The summed E-state index contributed by atoms with van der Waals surface area (Å²) in [5.41, 5.74) is 2.30. The standard InChI is InChI=1S/C16H18N2O3/c1-4-21-13-8-6-5-7-12(13)18-15-14(16(19)20)10(2)9-11(3)17-15/h5-9H,4H2,1-3H3,(H,17,18)(H,19,20). The average molecular weight is 286 g/mol. The fraction of sp³-hybridized carbons (Fsp3) is 0.250. The van der Waals surface area contributed by atoms with E-state index in [2.05, 4.69) is 10.3 Å². The van der Waals surface area contributed by atoms with Crippen LogP contribution in [0, 0.1) is 13.8 Å². The highest BCUT2D eigenvalue weighted by Crippen LogP contribution is 2.29. The monoisotopic (exact) mass is 286 g/mol. The van der Waals surface area contributed by atoms with E-state index >= 15 is 0 Å². The third-order valence-corrected chi connectivity index (χ3v) is 3.00. The van der Waals surface area contributed by atoms with Crippen LogP contribution in [0.4, 0.5) is 11.5 Å². The number of hydrogen-bond acceptors (Lipinski definition) is 4. The Morgan fingerprint density at radius 3 is 2.71 bits per heavy atom. The number of benzene rings is 1. The van der Waals surface area contributed by atoms with E-state index < -0.39 is 5.97 Å². The van der Waals surface area contributed by atoms with Crippen LogP contribution in [-0.2, 0) is 0 Å². The molecule has 0 unspecified atom stereocenters. The summed E-state index contributed by atoms with van der Waals surface area (Å²) in [5.74, 6) is -0.0131. The molecule has 1 aromatic carbocycles. The van der Waals surface area contributed by atoms with E-state index in [0.717, 1.165) is 5.69 Å². The highest BCUT2D eigenvalue weighted by Gasteiger charge is 2.17. The van der Waals surface area contributed by atoms with Crippen LogP contribution in [0.3, 0.4) is 0 Å². The molecule has 0 amide bonds. The van der Waals surface area contributed by atoms with Gasteiger partial charge in [-0.1, -0.05) is 12.1 Å². The summed E-state index contributed by atoms with van der Waals surface area (Å²) in [6.45, 7) is 6.02. The minimum absolute atomic E-state index is 0.173. The Morgan fingerprint density at radius 2 is 2.05 bits per heavy atom. The zero-order valence-corrected chi connectivity index (χ0v) is 12.3. The van der Waals surface area contributed by atoms with Crippen LogP contribution >= 0.6 is 0 Å². The van der Waals surface area contributed by atoms with Gasteiger partial charge in [0.2, 0.25) is 0 Å². The number of carbonyl (C=O) groups is 1. The molecule has 0 aliphatic heterocycles. The smallest absolute Gasteiger partial charge is 0.339 e. The maximum Gasteiger partial charge on any atom is 0.339 e. The zero-order chi connectivity index (χ0) is 15.4. The second kappa shape index (κ2) is 6.26. The Labute approximate surface area is 123 Å². The summed E-state index contributed by atoms with van der Waals surface area (Å²) in [6.07, 6.45) is 0. The van der Waals surface area contributed by atoms with Crippen molar-refractivity contribution in [1.29, 1.82) is 0 Å². The Hall–Kier alpha value is -2.56. The Bertz CT molecular complexity index is 669. The first-order chi connectivity index (χ1) is 10.0. The number of rotatable bonds is 5. The van der Waals surface area contributed by atoms with Gasteiger partial charge in [0, 0.05) is 5.69 Å². The van der Waals surface area contributed by atoms with Crippen molar-refractivity contribution in [2.75, 3.05) is 11.9 Å². The Morgan fingerprint density at radius 1 is 1.33 bits per heavy atom. The second-order valence-electron chi connectivity index (χ2n) is 4.66. The largest absolute Gasteiger partial charge is 0.492 e. The van der Waals surface area contributed by atoms with E-state index in [9.17, 15) is 9.90 Å². The molecule has 0 saturated heterocycles. The number of carboxylic acids is 1. The average Bonchev–Trinajstić information content (AvgIpc) is 2.40. The molecule has 1 heterocycles. The first kappa shape index (κ1) is 14.8. The van der Waals surface area contributed by atoms with Crippen LogP contribution in [0.15, 0.2) is 30.3 Å². The molecule has 2 rings (SSSR count). The number of para-hydroxylation sites is 2. The molecule has 5 heteroatoms. The predicted octanol–water partition coefficient (Wildman–Crippen LogP) is 3.54. The molecular weight excluding hydrogens is 268 g/mol. The summed E-state index contributed by atoms with van der Waals surface area (Å²) >= 11 is 0. The normalized spacial score (nSPS) is 10.2. The Balaban J connectivity index is 2.47. The van der Waals surface area contributed by atoms with Gasteiger partial charge in [0.1, 0.15) is 17.1 Å². The van der Waals surface area contributed by atoms with Gasteiger partial charge in [-0.15, -0.1) is 0 Å². The molecule has 0 atom stereocenters. The van der Waals surface area contributed by atoms with Gasteiger partial charge >= 0.3 is 5.97 Å². The summed E-state index contributed by atoms with van der Waals surface area (Å²) in [7, 11) is 0. The lowest BCUT2D eigenvalue weighted by Gasteiger charge is -2.15. The highest BCUT2D eigenvalue weighted by molar-refractivity contribution is 5.95. The van der Waals surface area contributed by atoms with Gasteiger partial charge in [-0.3, -0.25) is 0 Å². The summed E-state index contributed by atoms with van der Waals surface area (Å²) in [4.78, 5) is 15.7. The van der Waals surface area contributed by atoms with Crippen molar-refractivity contribution in [3.05, 3.63) is 47.2 Å². The van der Waals surface area contributed by atoms with E-state index in [1.165, 1.54) is 0 Å². The lowest BCUT2D eigenvalue weighted by molar-refractivity contribution is 0.0697. The highest BCUT2D eigenvalue weighted by atomic mass is 16.5. The fourth-order valence-corrected chi connectivity index (χ4v) is 2.18. The predicted molar refractivity (Wildman–Crippen MR) is 81.6 cm³/mol. The maximum atomic E-state index is 11.4. The molecular formula is C16H18N2O3. The van der Waals surface area contributed by atoms with Crippen molar-refractivity contribution >= 4 is 17.5 Å². The van der Waals surface area contributed by atoms with E-state index in [1.54, 1.807) is 13.0 Å². The lowest BCUT2D eigenvalue weighted by Crippen LogP contribution is -2.09. The number of aromatic nitrogens is 1. The van der Waals surface area contributed by atoms with Gasteiger partial charge in [0.25, 0.3) is 0 Å². The third kappa shape index (κ3) is 3.31. The molecule has 2 aromatic rings. The molecule has 2 N–H and O–H groups in total. The van der Waals surface area contributed by atoms with Crippen LogP contribution in [0.5, 0.6) is 5.75 Å². The molecule has 0 spiro atoms. The molecule has 110 valence electrons. The Kier molecular flexibility index (Phi) is 4.42. The number of anilines is 2. The second-order valence-corrected chi connectivity index (χ2v) is 4.66. The SMILES string of the molecule is CCOc1ccccc1Nc1nc(C)cc(C)c1C(=O)O. The molecule has 0 radical (unpaired) electrons. The van der Waals surface area contributed by atoms with Crippen LogP contribution in [0.25, 0.3) is 0 Å². The van der Waals surface area contributed by atoms with Gasteiger partial charge in [0.05, 0.1) is 12.3 Å². The zero-order valence-electron chi connectivity index (χ0n) is 12.3. The molecule has 0 saturated carbocycles. The first-order valence-electron chi connectivity index (χ1n) is 6.73. The van der Waals surface area contributed by atoms with Crippen LogP contribution in [0.2, 0.25) is 0 Å². The van der Waals surface area contributed by atoms with Gasteiger partial charge in [-0.25, -0.2) is 9.78 Å². The summed E-state index contributed by atoms with van der Waals surface area (Å²) in [5, 5.41) is 12.4. The molecule has 21 heavy (non-hydrogen) atoms. The van der Waals surface area contributed by atoms with Crippen molar-refractivity contribution in [3.63, 3.8) is 0 Å². The third-order valence-electron chi connectivity index (χ3n) is 3.00. The minimum Gasteiger partial charge on any atom is -0.492 e. The van der Waals surface area contributed by atoms with Crippen molar-refractivity contribution in [3.8, 4) is 5.75 Å². The maximum absolute atomic E-state index is 11.4. The molecule has 1 aromatic heterocycles. The van der Waals surface area contributed by atoms with Crippen LogP contribution in [-0.4, -0.2) is 22.7 Å². The van der Waals surface area contributed by atoms with Gasteiger partial charge in [0.15, 0.2) is 0 Å². The molecule has 0 aliphatic rings.